The van der Waals surface area contributed by atoms with Crippen molar-refractivity contribution in [1.29, 1.82) is 0 Å². The molecule has 0 aromatic carbocycles. The minimum atomic E-state index is -0.0860. The van der Waals surface area contributed by atoms with Crippen molar-refractivity contribution in [2.75, 3.05) is 31.6 Å². The Morgan fingerprint density at radius 1 is 1.32 bits per heavy atom. The summed E-state index contributed by atoms with van der Waals surface area (Å²) < 4.78 is 7.19. The number of carbonyl (C=O) groups is 2. The molecule has 1 N–H and O–H groups in total. The van der Waals surface area contributed by atoms with Gasteiger partial charge in [0.2, 0.25) is 11.8 Å². The molecule has 28 heavy (non-hydrogen) atoms. The first-order chi connectivity index (χ1) is 13.6. The molecule has 1 atom stereocenters. The Labute approximate surface area is 167 Å². The molecule has 2 saturated heterocycles. The van der Waals surface area contributed by atoms with Gasteiger partial charge in [-0.3, -0.25) is 9.59 Å². The van der Waals surface area contributed by atoms with Crippen LogP contribution in [-0.2, 0) is 20.7 Å². The van der Waals surface area contributed by atoms with Gasteiger partial charge in [-0.15, -0.1) is 11.3 Å². The third-order valence-electron chi connectivity index (χ3n) is 5.38. The fraction of sp³-hybridized carbons (Fsp3) is 0.579. The molecule has 0 aliphatic carbocycles. The van der Waals surface area contributed by atoms with Gasteiger partial charge in [0.1, 0.15) is 5.82 Å². The number of hydrogen-bond acceptors (Lipinski definition) is 6. The molecule has 0 unspecified atom stereocenters. The van der Waals surface area contributed by atoms with Crippen molar-refractivity contribution in [1.82, 2.24) is 19.7 Å². The second kappa shape index (κ2) is 8.40. The SMILES string of the molecule is Cc1nc(CC(=O)N2CCC(n3nccc3NC(=O)[C@H]3CCOC3)CC2)cs1. The Kier molecular flexibility index (Phi) is 5.72. The lowest BCUT2D eigenvalue weighted by Crippen LogP contribution is -2.40. The van der Waals surface area contributed by atoms with Crippen LogP contribution in [0.15, 0.2) is 17.6 Å². The van der Waals surface area contributed by atoms with Gasteiger partial charge in [-0.25, -0.2) is 9.67 Å². The summed E-state index contributed by atoms with van der Waals surface area (Å²) in [5.41, 5.74) is 0.850. The van der Waals surface area contributed by atoms with Gasteiger partial charge in [0.05, 0.1) is 41.9 Å². The van der Waals surface area contributed by atoms with Crippen molar-refractivity contribution < 1.29 is 14.3 Å². The predicted molar refractivity (Wildman–Crippen MR) is 105 cm³/mol. The van der Waals surface area contributed by atoms with Crippen molar-refractivity contribution >= 4 is 29.0 Å². The molecule has 4 heterocycles. The van der Waals surface area contributed by atoms with E-state index in [1.165, 1.54) is 0 Å². The zero-order chi connectivity index (χ0) is 19.5. The van der Waals surface area contributed by atoms with Crippen molar-refractivity contribution in [2.24, 2.45) is 5.92 Å². The molecule has 2 amide bonds. The van der Waals surface area contributed by atoms with Gasteiger partial charge in [0.15, 0.2) is 0 Å². The number of aryl methyl sites for hydroxylation is 1. The maximum Gasteiger partial charge on any atom is 0.231 e. The summed E-state index contributed by atoms with van der Waals surface area (Å²) in [6, 6.07) is 2.01. The molecular formula is C19H25N5O3S. The number of piperidine rings is 1. The topological polar surface area (TPSA) is 89.4 Å². The second-order valence-corrected chi connectivity index (χ2v) is 8.42. The first kappa shape index (κ1) is 19.1. The molecule has 2 aromatic heterocycles. The van der Waals surface area contributed by atoms with E-state index in [1.807, 2.05) is 28.0 Å². The summed E-state index contributed by atoms with van der Waals surface area (Å²) in [4.78, 5) is 31.2. The first-order valence-corrected chi connectivity index (χ1v) is 10.6. The van der Waals surface area contributed by atoms with Crippen molar-refractivity contribution in [3.8, 4) is 0 Å². The summed E-state index contributed by atoms with van der Waals surface area (Å²) in [6.45, 7) is 4.46. The van der Waals surface area contributed by atoms with E-state index >= 15 is 0 Å². The average Bonchev–Trinajstić information content (AvgIpc) is 3.44. The molecule has 150 valence electrons. The van der Waals surface area contributed by atoms with E-state index in [2.05, 4.69) is 15.4 Å². The molecule has 2 aliphatic rings. The predicted octanol–water partition coefficient (Wildman–Crippen LogP) is 2.03. The summed E-state index contributed by atoms with van der Waals surface area (Å²) >= 11 is 1.57. The van der Waals surface area contributed by atoms with Gasteiger partial charge < -0.3 is 15.0 Å². The summed E-state index contributed by atoms with van der Waals surface area (Å²) in [5.74, 6) is 0.751. The van der Waals surface area contributed by atoms with Crippen molar-refractivity contribution in [3.05, 3.63) is 28.3 Å². The number of nitrogens with zero attached hydrogens (tertiary/aromatic N) is 4. The zero-order valence-electron chi connectivity index (χ0n) is 16.0. The van der Waals surface area contributed by atoms with E-state index in [0.29, 0.717) is 32.7 Å². The standard InChI is InChI=1S/C19H25N5O3S/c1-13-21-15(12-28-13)10-18(25)23-7-3-16(4-8-23)24-17(2-6-20-24)22-19(26)14-5-9-27-11-14/h2,6,12,14,16H,3-5,7-11H2,1H3,(H,22,26)/t14-/m0/s1. The van der Waals surface area contributed by atoms with Gasteiger partial charge in [0.25, 0.3) is 0 Å². The van der Waals surface area contributed by atoms with Gasteiger partial charge >= 0.3 is 0 Å². The van der Waals surface area contributed by atoms with Crippen LogP contribution in [-0.4, -0.2) is 57.8 Å². The number of rotatable bonds is 5. The number of aromatic nitrogens is 3. The highest BCUT2D eigenvalue weighted by Gasteiger charge is 2.28. The normalized spacial score (nSPS) is 20.5. The smallest absolute Gasteiger partial charge is 0.231 e. The lowest BCUT2D eigenvalue weighted by Gasteiger charge is -2.32. The summed E-state index contributed by atoms with van der Waals surface area (Å²) in [6.07, 6.45) is 4.47. The number of thiazole rings is 1. The Morgan fingerprint density at radius 3 is 2.82 bits per heavy atom. The van der Waals surface area contributed by atoms with Crippen LogP contribution in [0, 0.1) is 12.8 Å². The van der Waals surface area contributed by atoms with Crippen molar-refractivity contribution in [3.63, 3.8) is 0 Å². The highest BCUT2D eigenvalue weighted by Crippen LogP contribution is 2.26. The fourth-order valence-electron chi connectivity index (χ4n) is 3.79. The average molecular weight is 404 g/mol. The van der Waals surface area contributed by atoms with E-state index in [1.54, 1.807) is 17.5 Å². The number of hydrogen-bond donors (Lipinski definition) is 1. The number of amides is 2. The lowest BCUT2D eigenvalue weighted by molar-refractivity contribution is -0.131. The van der Waals surface area contributed by atoms with Crippen LogP contribution < -0.4 is 5.32 Å². The lowest BCUT2D eigenvalue weighted by atomic mass is 10.0. The minimum Gasteiger partial charge on any atom is -0.381 e. The Hall–Kier alpha value is -2.26. The van der Waals surface area contributed by atoms with Crippen molar-refractivity contribution in [2.45, 2.75) is 38.6 Å². The molecule has 2 fully saturated rings. The van der Waals surface area contributed by atoms with Crippen LogP contribution in [0.4, 0.5) is 5.82 Å². The van der Waals surface area contributed by atoms with Crippen LogP contribution in [0.1, 0.15) is 36.0 Å². The highest BCUT2D eigenvalue weighted by molar-refractivity contribution is 7.09. The van der Waals surface area contributed by atoms with E-state index in [4.69, 9.17) is 4.74 Å². The molecule has 0 saturated carbocycles. The van der Waals surface area contributed by atoms with Crippen LogP contribution >= 0.6 is 11.3 Å². The van der Waals surface area contributed by atoms with Gasteiger partial charge in [0, 0.05) is 31.1 Å². The van der Waals surface area contributed by atoms with E-state index in [0.717, 1.165) is 35.8 Å². The minimum absolute atomic E-state index is 0.00887. The molecular weight excluding hydrogens is 378 g/mol. The Balaban J connectivity index is 1.32. The fourth-order valence-corrected chi connectivity index (χ4v) is 4.40. The van der Waals surface area contributed by atoms with E-state index in [9.17, 15) is 9.59 Å². The molecule has 0 spiro atoms. The monoisotopic (exact) mass is 403 g/mol. The Bertz CT molecular complexity index is 834. The largest absolute Gasteiger partial charge is 0.381 e. The molecule has 0 radical (unpaired) electrons. The molecule has 9 heteroatoms. The van der Waals surface area contributed by atoms with Crippen LogP contribution in [0.25, 0.3) is 0 Å². The number of ether oxygens (including phenoxy) is 1. The summed E-state index contributed by atoms with van der Waals surface area (Å²) in [7, 11) is 0. The van der Waals surface area contributed by atoms with Crippen LogP contribution in [0.3, 0.4) is 0 Å². The third kappa shape index (κ3) is 4.25. The van der Waals surface area contributed by atoms with E-state index in [-0.39, 0.29) is 23.8 Å². The maximum atomic E-state index is 12.5. The summed E-state index contributed by atoms with van der Waals surface area (Å²) in [5, 5.41) is 10.3. The van der Waals surface area contributed by atoms with Gasteiger partial charge in [-0.05, 0) is 26.2 Å². The maximum absolute atomic E-state index is 12.5. The van der Waals surface area contributed by atoms with Gasteiger partial charge in [-0.1, -0.05) is 0 Å². The highest BCUT2D eigenvalue weighted by atomic mass is 32.1. The van der Waals surface area contributed by atoms with Crippen LogP contribution in [0.5, 0.6) is 0 Å². The van der Waals surface area contributed by atoms with E-state index < -0.39 is 0 Å². The molecule has 0 bridgehead atoms. The quantitative estimate of drug-likeness (QED) is 0.825. The zero-order valence-corrected chi connectivity index (χ0v) is 16.8. The molecule has 4 rings (SSSR count). The molecule has 2 aliphatic heterocycles. The number of anilines is 1. The molecule has 8 nitrogen and oxygen atoms in total. The number of nitrogens with one attached hydrogen (secondary N) is 1. The molecule has 2 aromatic rings. The number of likely N-dealkylation sites (tertiary alicyclic amines) is 1. The second-order valence-electron chi connectivity index (χ2n) is 7.36. The number of carbonyl (C=O) groups excluding carboxylic acids is 2. The van der Waals surface area contributed by atoms with Gasteiger partial charge in [-0.2, -0.15) is 5.10 Å². The van der Waals surface area contributed by atoms with Crippen LogP contribution in [0.2, 0.25) is 0 Å². The first-order valence-electron chi connectivity index (χ1n) is 9.71. The third-order valence-corrected chi connectivity index (χ3v) is 6.21. The Morgan fingerprint density at radius 2 is 2.14 bits per heavy atom.